The fraction of sp³-hybridized carbons (Fsp3) is 0.222. The molecule has 0 spiro atoms. The molecular weight excluding hydrogens is 262 g/mol. The summed E-state index contributed by atoms with van der Waals surface area (Å²) in [5.41, 5.74) is -1.23. The van der Waals surface area contributed by atoms with Crippen LogP contribution < -0.4 is 0 Å². The molecule has 1 N–H and O–H groups in total. The van der Waals surface area contributed by atoms with Crippen molar-refractivity contribution in [2.75, 3.05) is 0 Å². The fourth-order valence-corrected chi connectivity index (χ4v) is 1.16. The molecule has 1 rings (SSSR count). The van der Waals surface area contributed by atoms with Gasteiger partial charge in [0.2, 0.25) is 5.76 Å². The van der Waals surface area contributed by atoms with Gasteiger partial charge in [0.05, 0.1) is 0 Å². The molecule has 0 unspecified atom stereocenters. The minimum absolute atomic E-state index is 0.285. The molecule has 5 nitrogen and oxygen atoms in total. The second-order valence-electron chi connectivity index (χ2n) is 3.14. The SMILES string of the molecule is O=NOC1=CC=C(/C=C/C(=O)O)C(F)(F)C1(F)F. The van der Waals surface area contributed by atoms with Crippen LogP contribution in [-0.4, -0.2) is 22.9 Å². The van der Waals surface area contributed by atoms with Crippen molar-refractivity contribution in [3.05, 3.63) is 40.5 Å². The van der Waals surface area contributed by atoms with E-state index in [1.807, 2.05) is 0 Å². The normalized spacial score (nSPS) is 21.1. The Balaban J connectivity index is 3.21. The van der Waals surface area contributed by atoms with Gasteiger partial charge in [-0.05, 0) is 18.2 Å². The molecule has 18 heavy (non-hydrogen) atoms. The van der Waals surface area contributed by atoms with Crippen LogP contribution in [-0.2, 0) is 9.63 Å². The Hall–Kier alpha value is -2.19. The maximum atomic E-state index is 13.3. The maximum absolute atomic E-state index is 13.3. The molecule has 0 fully saturated rings. The first kappa shape index (κ1) is 13.9. The average Bonchev–Trinajstić information content (AvgIpc) is 2.24. The third kappa shape index (κ3) is 2.24. The predicted octanol–water partition coefficient (Wildman–Crippen LogP) is 2.42. The zero-order chi connectivity index (χ0) is 14.0. The number of nitrogens with zero attached hydrogens (tertiary/aromatic N) is 1. The molecule has 0 aromatic rings. The number of hydrogen-bond donors (Lipinski definition) is 1. The number of carboxylic acid groups (broad SMARTS) is 1. The molecule has 0 atom stereocenters. The predicted molar refractivity (Wildman–Crippen MR) is 49.7 cm³/mol. The number of halogens is 4. The Kier molecular flexibility index (Phi) is 3.54. The molecule has 0 radical (unpaired) electrons. The smallest absolute Gasteiger partial charge is 0.373 e. The van der Waals surface area contributed by atoms with E-state index in [4.69, 9.17) is 5.11 Å². The summed E-state index contributed by atoms with van der Waals surface area (Å²) in [4.78, 5) is 23.3. The standard InChI is InChI=1S/C9H5F4NO4/c10-8(11)5(2-4-7(15)16)1-3-6(18-14-17)9(8,12)13/h1-4H,(H,15,16)/b4-2+. The summed E-state index contributed by atoms with van der Waals surface area (Å²) in [6.07, 6.45) is 1.54. The highest BCUT2D eigenvalue weighted by atomic mass is 19.3. The number of carboxylic acids is 1. The maximum Gasteiger partial charge on any atom is 0.373 e. The lowest BCUT2D eigenvalue weighted by Crippen LogP contribution is -2.45. The van der Waals surface area contributed by atoms with Crippen molar-refractivity contribution in [1.29, 1.82) is 0 Å². The molecule has 0 aromatic carbocycles. The highest BCUT2D eigenvalue weighted by molar-refractivity contribution is 5.80. The molecular formula is C9H5F4NO4. The second kappa shape index (κ2) is 4.59. The van der Waals surface area contributed by atoms with Crippen molar-refractivity contribution in [3.8, 4) is 0 Å². The number of allylic oxidation sites excluding steroid dienone is 5. The third-order valence-corrected chi connectivity index (χ3v) is 2.02. The summed E-state index contributed by atoms with van der Waals surface area (Å²) in [6.45, 7) is 0. The Morgan fingerprint density at radius 2 is 1.89 bits per heavy atom. The van der Waals surface area contributed by atoms with Crippen LogP contribution in [0.1, 0.15) is 0 Å². The van der Waals surface area contributed by atoms with Crippen LogP contribution >= 0.6 is 0 Å². The van der Waals surface area contributed by atoms with E-state index in [1.54, 1.807) is 5.34 Å². The molecule has 0 saturated carbocycles. The molecule has 0 amide bonds. The van der Waals surface area contributed by atoms with E-state index < -0.39 is 29.1 Å². The summed E-state index contributed by atoms with van der Waals surface area (Å²) < 4.78 is 53.2. The highest BCUT2D eigenvalue weighted by Crippen LogP contribution is 2.47. The summed E-state index contributed by atoms with van der Waals surface area (Å²) in [7, 11) is 0. The number of rotatable bonds is 4. The molecule has 98 valence electrons. The Morgan fingerprint density at radius 1 is 1.28 bits per heavy atom. The van der Waals surface area contributed by atoms with Gasteiger partial charge in [-0.15, -0.1) is 4.91 Å². The topological polar surface area (TPSA) is 76.0 Å². The van der Waals surface area contributed by atoms with Gasteiger partial charge in [0.1, 0.15) is 0 Å². The van der Waals surface area contributed by atoms with Crippen molar-refractivity contribution in [2.24, 2.45) is 5.34 Å². The van der Waals surface area contributed by atoms with Crippen molar-refractivity contribution < 1.29 is 32.3 Å². The van der Waals surface area contributed by atoms with Gasteiger partial charge in [-0.2, -0.15) is 17.6 Å². The zero-order valence-corrected chi connectivity index (χ0v) is 8.44. The molecule has 0 bridgehead atoms. The largest absolute Gasteiger partial charge is 0.478 e. The van der Waals surface area contributed by atoms with Gasteiger partial charge in [-0.25, -0.2) is 4.79 Å². The molecule has 0 aliphatic heterocycles. The van der Waals surface area contributed by atoms with Gasteiger partial charge < -0.3 is 9.94 Å². The van der Waals surface area contributed by atoms with E-state index in [1.165, 1.54) is 0 Å². The average molecular weight is 267 g/mol. The quantitative estimate of drug-likeness (QED) is 0.367. The van der Waals surface area contributed by atoms with Crippen molar-refractivity contribution >= 4 is 5.97 Å². The lowest BCUT2D eigenvalue weighted by atomic mass is 9.95. The van der Waals surface area contributed by atoms with Gasteiger partial charge in [0, 0.05) is 11.6 Å². The van der Waals surface area contributed by atoms with E-state index >= 15 is 0 Å². The Labute approximate surface area is 97.0 Å². The van der Waals surface area contributed by atoms with Crippen molar-refractivity contribution in [3.63, 3.8) is 0 Å². The number of aliphatic carboxylic acids is 1. The summed E-state index contributed by atoms with van der Waals surface area (Å²) in [5, 5.41) is 9.88. The number of hydrogen-bond acceptors (Lipinski definition) is 4. The van der Waals surface area contributed by atoms with Gasteiger partial charge in [-0.3, -0.25) is 0 Å². The lowest BCUT2D eigenvalue weighted by Gasteiger charge is -2.29. The first-order chi connectivity index (χ1) is 8.23. The fourth-order valence-electron chi connectivity index (χ4n) is 1.16. The summed E-state index contributed by atoms with van der Waals surface area (Å²) in [5.74, 6) is -12.7. The van der Waals surface area contributed by atoms with Crippen LogP contribution in [0.5, 0.6) is 0 Å². The minimum Gasteiger partial charge on any atom is -0.478 e. The van der Waals surface area contributed by atoms with Gasteiger partial charge in [0.15, 0.2) is 5.34 Å². The molecule has 0 heterocycles. The van der Waals surface area contributed by atoms with E-state index in [0.717, 1.165) is 0 Å². The summed E-state index contributed by atoms with van der Waals surface area (Å²) in [6, 6.07) is 0. The molecule has 0 saturated heterocycles. The Bertz CT molecular complexity index is 467. The Morgan fingerprint density at radius 3 is 2.39 bits per heavy atom. The van der Waals surface area contributed by atoms with E-state index in [0.29, 0.717) is 18.2 Å². The van der Waals surface area contributed by atoms with Gasteiger partial charge in [0.25, 0.3) is 0 Å². The third-order valence-electron chi connectivity index (χ3n) is 2.02. The van der Waals surface area contributed by atoms with Crippen LogP contribution in [0.3, 0.4) is 0 Å². The van der Waals surface area contributed by atoms with Crippen LogP contribution in [0, 0.1) is 4.91 Å². The molecule has 9 heteroatoms. The first-order valence-electron chi connectivity index (χ1n) is 4.32. The molecule has 1 aliphatic rings. The monoisotopic (exact) mass is 267 g/mol. The second-order valence-corrected chi connectivity index (χ2v) is 3.14. The number of alkyl halides is 4. The van der Waals surface area contributed by atoms with Gasteiger partial charge >= 0.3 is 17.8 Å². The zero-order valence-electron chi connectivity index (χ0n) is 8.44. The first-order valence-corrected chi connectivity index (χ1v) is 4.32. The van der Waals surface area contributed by atoms with Crippen molar-refractivity contribution in [2.45, 2.75) is 11.8 Å². The molecule has 0 aromatic heterocycles. The van der Waals surface area contributed by atoms with E-state index in [2.05, 4.69) is 4.84 Å². The summed E-state index contributed by atoms with van der Waals surface area (Å²) >= 11 is 0. The van der Waals surface area contributed by atoms with E-state index in [9.17, 15) is 27.3 Å². The highest BCUT2D eigenvalue weighted by Gasteiger charge is 2.63. The van der Waals surface area contributed by atoms with Gasteiger partial charge in [-0.1, -0.05) is 0 Å². The van der Waals surface area contributed by atoms with Crippen LogP contribution in [0.25, 0.3) is 0 Å². The minimum atomic E-state index is -4.80. The van der Waals surface area contributed by atoms with Crippen molar-refractivity contribution in [1.82, 2.24) is 0 Å². The number of carbonyl (C=O) groups is 1. The lowest BCUT2D eigenvalue weighted by molar-refractivity contribution is -0.183. The van der Waals surface area contributed by atoms with Crippen LogP contribution in [0.15, 0.2) is 41.0 Å². The molecule has 1 aliphatic carbocycles. The van der Waals surface area contributed by atoms with Crippen LogP contribution in [0.4, 0.5) is 17.6 Å². The van der Waals surface area contributed by atoms with Crippen LogP contribution in [0.2, 0.25) is 0 Å². The van der Waals surface area contributed by atoms with E-state index in [-0.39, 0.29) is 6.08 Å².